The van der Waals surface area contributed by atoms with Crippen molar-refractivity contribution in [2.45, 2.75) is 31.5 Å². The van der Waals surface area contributed by atoms with Gasteiger partial charge in [-0.1, -0.05) is 35.0 Å². The number of nitrogen functional groups attached to an aromatic ring is 1. The predicted octanol–water partition coefficient (Wildman–Crippen LogP) is 3.72. The molecule has 8 heteroatoms. The summed E-state index contributed by atoms with van der Waals surface area (Å²) in [4.78, 5) is 4.09. The van der Waals surface area contributed by atoms with Crippen LogP contribution in [-0.4, -0.2) is 28.8 Å². The molecule has 0 amide bonds. The van der Waals surface area contributed by atoms with Crippen LogP contribution < -0.4 is 15.8 Å². The lowest BCUT2D eigenvalue weighted by atomic mass is 9.93. The van der Waals surface area contributed by atoms with Crippen molar-refractivity contribution < 1.29 is 14.2 Å². The highest BCUT2D eigenvalue weighted by atomic mass is 35.5. The first kappa shape index (κ1) is 20.7. The molecule has 2 heterocycles. The Kier molecular flexibility index (Phi) is 6.31. The maximum absolute atomic E-state index is 13.8. The van der Waals surface area contributed by atoms with Crippen molar-refractivity contribution in [2.75, 3.05) is 18.8 Å². The molecular formula is C20H20Cl2FN3O2. The van der Waals surface area contributed by atoms with Gasteiger partial charge in [0.05, 0.1) is 5.02 Å². The van der Waals surface area contributed by atoms with Crippen molar-refractivity contribution in [3.05, 3.63) is 51.4 Å². The highest BCUT2D eigenvalue weighted by molar-refractivity contribution is 6.36. The Bertz CT molecular complexity index is 937. The first-order valence-corrected chi connectivity index (χ1v) is 9.56. The number of halogens is 3. The quantitative estimate of drug-likeness (QED) is 0.517. The fourth-order valence-electron chi connectivity index (χ4n) is 2.94. The van der Waals surface area contributed by atoms with Gasteiger partial charge >= 0.3 is 0 Å². The van der Waals surface area contributed by atoms with E-state index in [0.717, 1.165) is 0 Å². The first-order chi connectivity index (χ1) is 13.3. The number of rotatable bonds is 3. The van der Waals surface area contributed by atoms with Gasteiger partial charge in [0.2, 0.25) is 0 Å². The van der Waals surface area contributed by atoms with Gasteiger partial charge in [-0.25, -0.2) is 9.37 Å². The minimum atomic E-state index is -1.02. The van der Waals surface area contributed by atoms with Crippen LogP contribution in [0, 0.1) is 17.7 Å². The highest BCUT2D eigenvalue weighted by Crippen LogP contribution is 2.36. The zero-order valence-corrected chi connectivity index (χ0v) is 16.7. The molecule has 1 aliphatic rings. The second-order valence-corrected chi connectivity index (χ2v) is 7.44. The monoisotopic (exact) mass is 423 g/mol. The molecule has 1 saturated heterocycles. The van der Waals surface area contributed by atoms with Gasteiger partial charge in [-0.2, -0.15) is 0 Å². The Morgan fingerprint density at radius 1 is 1.36 bits per heavy atom. The fraction of sp³-hybridized carbons (Fsp3) is 0.350. The number of anilines is 1. The van der Waals surface area contributed by atoms with Crippen LogP contribution in [0.4, 0.5) is 10.2 Å². The number of aromatic nitrogens is 1. The van der Waals surface area contributed by atoms with Gasteiger partial charge < -0.3 is 20.9 Å². The third kappa shape index (κ3) is 4.68. The van der Waals surface area contributed by atoms with Crippen molar-refractivity contribution in [2.24, 2.45) is 0 Å². The van der Waals surface area contributed by atoms with Crippen LogP contribution in [0.3, 0.4) is 0 Å². The number of aliphatic hydroxyl groups is 1. The van der Waals surface area contributed by atoms with Crippen molar-refractivity contribution >= 4 is 29.0 Å². The van der Waals surface area contributed by atoms with Crippen LogP contribution in [-0.2, 0) is 0 Å². The van der Waals surface area contributed by atoms with E-state index in [1.54, 1.807) is 13.0 Å². The Morgan fingerprint density at radius 2 is 2.07 bits per heavy atom. The number of piperidine rings is 1. The number of ether oxygens (including phenoxy) is 1. The number of nitrogens with one attached hydrogen (secondary N) is 1. The van der Waals surface area contributed by atoms with Crippen LogP contribution in [0.1, 0.15) is 37.0 Å². The lowest BCUT2D eigenvalue weighted by molar-refractivity contribution is 0.0679. The average Bonchev–Trinajstić information content (AvgIpc) is 2.66. The summed E-state index contributed by atoms with van der Waals surface area (Å²) in [6, 6.07) is 4.23. The van der Waals surface area contributed by atoms with Gasteiger partial charge in [-0.15, -0.1) is 0 Å². The zero-order valence-electron chi connectivity index (χ0n) is 15.2. The molecule has 3 rings (SSSR count). The molecule has 5 nitrogen and oxygen atoms in total. The molecule has 4 N–H and O–H groups in total. The molecule has 1 aromatic heterocycles. The Labute approximate surface area is 173 Å². The third-order valence-corrected chi connectivity index (χ3v) is 5.26. The summed E-state index contributed by atoms with van der Waals surface area (Å²) < 4.78 is 19.6. The minimum absolute atomic E-state index is 0.101. The SMILES string of the molecule is CC(Oc1cc(C#CC2(O)CCNCC2)cnc1N)c1c(Cl)ccc(F)c1Cl. The van der Waals surface area contributed by atoms with E-state index < -0.39 is 17.5 Å². The number of benzene rings is 1. The molecule has 28 heavy (non-hydrogen) atoms. The molecule has 2 aromatic rings. The molecule has 1 unspecified atom stereocenters. The van der Waals surface area contributed by atoms with Crippen molar-refractivity contribution in [3.8, 4) is 17.6 Å². The van der Waals surface area contributed by atoms with E-state index >= 15 is 0 Å². The molecule has 1 aromatic carbocycles. The Morgan fingerprint density at radius 3 is 2.79 bits per heavy atom. The highest BCUT2D eigenvalue weighted by Gasteiger charge is 2.26. The van der Waals surface area contributed by atoms with E-state index in [-0.39, 0.29) is 21.6 Å². The van der Waals surface area contributed by atoms with Gasteiger partial charge in [0.15, 0.2) is 11.6 Å². The third-order valence-electron chi connectivity index (χ3n) is 4.54. The first-order valence-electron chi connectivity index (χ1n) is 8.81. The van der Waals surface area contributed by atoms with Crippen LogP contribution in [0.5, 0.6) is 5.75 Å². The summed E-state index contributed by atoms with van der Waals surface area (Å²) in [5, 5.41) is 13.8. The molecule has 0 bridgehead atoms. The summed E-state index contributed by atoms with van der Waals surface area (Å²) >= 11 is 12.2. The molecule has 1 fully saturated rings. The largest absolute Gasteiger partial charge is 0.482 e. The summed E-state index contributed by atoms with van der Waals surface area (Å²) in [5.41, 5.74) is 5.74. The average molecular weight is 424 g/mol. The smallest absolute Gasteiger partial charge is 0.166 e. The second-order valence-electron chi connectivity index (χ2n) is 6.66. The molecule has 0 spiro atoms. The summed E-state index contributed by atoms with van der Waals surface area (Å²) in [5.74, 6) is 5.68. The van der Waals surface area contributed by atoms with Crippen molar-refractivity contribution in [1.82, 2.24) is 10.3 Å². The lowest BCUT2D eigenvalue weighted by Crippen LogP contribution is -2.40. The summed E-state index contributed by atoms with van der Waals surface area (Å²) in [6.07, 6.45) is 1.95. The number of hydrogen-bond donors (Lipinski definition) is 3. The normalized spacial score (nSPS) is 16.8. The zero-order chi connectivity index (χ0) is 20.3. The van der Waals surface area contributed by atoms with Crippen LogP contribution in [0.2, 0.25) is 10.0 Å². The Balaban J connectivity index is 1.84. The van der Waals surface area contributed by atoms with Crippen molar-refractivity contribution in [1.29, 1.82) is 0 Å². The van der Waals surface area contributed by atoms with Gasteiger partial charge in [0.25, 0.3) is 0 Å². The number of nitrogens with two attached hydrogens (primary N) is 1. The van der Waals surface area contributed by atoms with E-state index in [0.29, 0.717) is 37.1 Å². The van der Waals surface area contributed by atoms with Crippen molar-refractivity contribution in [3.63, 3.8) is 0 Å². The molecule has 0 saturated carbocycles. The van der Waals surface area contributed by atoms with Gasteiger partial charge in [0.1, 0.15) is 17.5 Å². The topological polar surface area (TPSA) is 80.4 Å². The Hall–Kier alpha value is -2.04. The standard InChI is InChI=1S/C20H20Cl2FN3O2/c1-12(17-14(21)2-3-15(23)18(17)22)28-16-10-13(11-26-19(16)24)4-5-20(27)6-8-25-9-7-20/h2-3,10-12,25,27H,6-9H2,1H3,(H2,24,26). The predicted molar refractivity (Wildman–Crippen MR) is 108 cm³/mol. The lowest BCUT2D eigenvalue weighted by Gasteiger charge is -2.27. The van der Waals surface area contributed by atoms with Crippen LogP contribution in [0.15, 0.2) is 24.4 Å². The molecule has 0 aliphatic carbocycles. The molecule has 148 valence electrons. The molecular weight excluding hydrogens is 404 g/mol. The van der Waals surface area contributed by atoms with Gasteiger partial charge in [-0.05, 0) is 45.0 Å². The van der Waals surface area contributed by atoms with Crippen LogP contribution >= 0.6 is 23.2 Å². The maximum atomic E-state index is 13.8. The maximum Gasteiger partial charge on any atom is 0.166 e. The van der Waals surface area contributed by atoms with Gasteiger partial charge in [0, 0.05) is 28.4 Å². The van der Waals surface area contributed by atoms with E-state index in [1.807, 2.05) is 0 Å². The summed E-state index contributed by atoms with van der Waals surface area (Å²) in [7, 11) is 0. The summed E-state index contributed by atoms with van der Waals surface area (Å²) in [6.45, 7) is 3.11. The van der Waals surface area contributed by atoms with E-state index in [1.165, 1.54) is 18.3 Å². The van der Waals surface area contributed by atoms with E-state index in [4.69, 9.17) is 33.7 Å². The van der Waals surface area contributed by atoms with Crippen LogP contribution in [0.25, 0.3) is 0 Å². The van der Waals surface area contributed by atoms with E-state index in [2.05, 4.69) is 22.1 Å². The number of nitrogens with zero attached hydrogens (tertiary/aromatic N) is 1. The number of hydrogen-bond acceptors (Lipinski definition) is 5. The van der Waals surface area contributed by atoms with Gasteiger partial charge in [-0.3, -0.25) is 0 Å². The molecule has 0 radical (unpaired) electrons. The molecule has 1 aliphatic heterocycles. The number of pyridine rings is 1. The minimum Gasteiger partial charge on any atom is -0.482 e. The molecule has 1 atom stereocenters. The fourth-order valence-corrected chi connectivity index (χ4v) is 3.61. The second kappa shape index (κ2) is 8.54. The van der Waals surface area contributed by atoms with E-state index in [9.17, 15) is 9.50 Å².